The first-order valence-corrected chi connectivity index (χ1v) is 13.9. The van der Waals surface area contributed by atoms with Crippen molar-refractivity contribution in [3.63, 3.8) is 0 Å². The fraction of sp³-hybridized carbons (Fsp3) is 0.375. The topological polar surface area (TPSA) is 61.8 Å². The zero-order valence-corrected chi connectivity index (χ0v) is 24.0. The second-order valence-electron chi connectivity index (χ2n) is 10.1. The molecule has 0 aliphatic rings. The summed E-state index contributed by atoms with van der Waals surface area (Å²) in [5, 5.41) is 0. The molecule has 0 amide bonds. The maximum absolute atomic E-state index is 13.6. The van der Waals surface area contributed by atoms with Gasteiger partial charge in [-0.2, -0.15) is 26.3 Å². The van der Waals surface area contributed by atoms with Crippen LogP contribution in [-0.2, 0) is 4.74 Å². The molecule has 244 valence electrons. The van der Waals surface area contributed by atoms with Gasteiger partial charge in [-0.25, -0.2) is 18.4 Å². The highest BCUT2D eigenvalue weighted by Crippen LogP contribution is 2.48. The lowest BCUT2D eigenvalue weighted by molar-refractivity contribution is -0.343. The summed E-state index contributed by atoms with van der Waals surface area (Å²) in [4.78, 5) is 24.5. The van der Waals surface area contributed by atoms with E-state index in [0.717, 1.165) is 54.0 Å². The van der Waals surface area contributed by atoms with Crippen LogP contribution in [-0.4, -0.2) is 49.3 Å². The Kier molecular flexibility index (Phi) is 11.9. The molecular weight excluding hydrogens is 616 g/mol. The highest BCUT2D eigenvalue weighted by Gasteiger charge is 2.75. The van der Waals surface area contributed by atoms with Crippen molar-refractivity contribution in [2.45, 2.75) is 63.2 Å². The molecule has 3 rings (SSSR count). The average Bonchev–Trinajstić information content (AvgIpc) is 3.02. The summed E-state index contributed by atoms with van der Waals surface area (Å²) in [7, 11) is 0. The molecule has 0 aliphatic heterocycles. The number of carbonyl (C=O) groups is 2. The van der Waals surface area contributed by atoms with E-state index in [1.165, 1.54) is 31.4 Å². The van der Waals surface area contributed by atoms with Crippen molar-refractivity contribution in [2.24, 2.45) is 0 Å². The third kappa shape index (κ3) is 8.95. The predicted octanol–water partition coefficient (Wildman–Crippen LogP) is 9.25. The normalized spacial score (nSPS) is 12.2. The van der Waals surface area contributed by atoms with Gasteiger partial charge in [0.05, 0.1) is 17.7 Å². The summed E-state index contributed by atoms with van der Waals surface area (Å²) in [6.45, 7) is 0.209. The first-order chi connectivity index (χ1) is 21.2. The Balaban J connectivity index is 1.52. The first kappa shape index (κ1) is 35.3. The molecule has 0 N–H and O–H groups in total. The van der Waals surface area contributed by atoms with Gasteiger partial charge in [-0.3, -0.25) is 0 Å². The predicted molar refractivity (Wildman–Crippen MR) is 149 cm³/mol. The highest BCUT2D eigenvalue weighted by atomic mass is 19.4. The zero-order valence-electron chi connectivity index (χ0n) is 24.0. The van der Waals surface area contributed by atoms with Crippen molar-refractivity contribution in [3.8, 4) is 22.6 Å². The molecule has 0 aromatic heterocycles. The number of ether oxygens (including phenoxy) is 3. The molecule has 0 saturated heterocycles. The van der Waals surface area contributed by atoms with E-state index in [2.05, 4.69) is 11.7 Å². The molecule has 3 aromatic rings. The molecule has 3 aromatic carbocycles. The van der Waals surface area contributed by atoms with Crippen molar-refractivity contribution in [3.05, 3.63) is 83.9 Å². The molecule has 0 saturated carbocycles. The van der Waals surface area contributed by atoms with Crippen LogP contribution in [0.4, 0.5) is 35.1 Å². The van der Waals surface area contributed by atoms with Gasteiger partial charge < -0.3 is 14.2 Å². The van der Waals surface area contributed by atoms with Gasteiger partial charge in [0.2, 0.25) is 0 Å². The van der Waals surface area contributed by atoms with E-state index < -0.39 is 48.3 Å². The van der Waals surface area contributed by atoms with Crippen LogP contribution in [0.15, 0.2) is 72.8 Å². The average molecular weight is 647 g/mol. The van der Waals surface area contributed by atoms with Crippen LogP contribution in [0.3, 0.4) is 0 Å². The second-order valence-corrected chi connectivity index (χ2v) is 10.1. The monoisotopic (exact) mass is 646 g/mol. The number of hydrogen-bond donors (Lipinski definition) is 0. The smallest absolute Gasteiger partial charge is 0.381 e. The van der Waals surface area contributed by atoms with Crippen LogP contribution >= 0.6 is 0 Å². The lowest BCUT2D eigenvalue weighted by atomic mass is 10.0. The van der Waals surface area contributed by atoms with Crippen molar-refractivity contribution >= 4 is 11.9 Å². The maximum atomic E-state index is 13.6. The fourth-order valence-corrected chi connectivity index (χ4v) is 3.97. The Morgan fingerprint density at radius 1 is 0.667 bits per heavy atom. The summed E-state index contributed by atoms with van der Waals surface area (Å²) in [5.74, 6) is -20.4. The molecule has 0 atom stereocenters. The minimum absolute atomic E-state index is 0.0879. The molecule has 0 unspecified atom stereocenters. The number of unbranched alkanes of at least 4 members (excludes halogenated alkanes) is 4. The Labute approximate surface area is 254 Å². The van der Waals surface area contributed by atoms with Gasteiger partial charge in [-0.1, -0.05) is 56.9 Å². The molecule has 45 heavy (non-hydrogen) atoms. The Morgan fingerprint density at radius 3 is 1.71 bits per heavy atom. The Morgan fingerprint density at radius 2 is 1.16 bits per heavy atom. The van der Waals surface area contributed by atoms with Crippen LogP contribution in [0, 0.1) is 0 Å². The fourth-order valence-electron chi connectivity index (χ4n) is 3.97. The number of esters is 2. The number of benzene rings is 3. The molecule has 0 radical (unpaired) electrons. The number of alkyl halides is 8. The van der Waals surface area contributed by atoms with E-state index in [1.54, 1.807) is 12.1 Å². The van der Waals surface area contributed by atoms with Gasteiger partial charge in [-0.05, 0) is 66.1 Å². The van der Waals surface area contributed by atoms with Crippen molar-refractivity contribution in [1.82, 2.24) is 0 Å². The lowest BCUT2D eigenvalue weighted by Crippen LogP contribution is -2.59. The van der Waals surface area contributed by atoms with Crippen LogP contribution in [0.1, 0.15) is 59.7 Å². The molecule has 0 heterocycles. The van der Waals surface area contributed by atoms with Crippen LogP contribution in [0.5, 0.6) is 11.5 Å². The third-order valence-corrected chi connectivity index (χ3v) is 6.66. The van der Waals surface area contributed by atoms with Crippen LogP contribution in [0.25, 0.3) is 11.1 Å². The molecular formula is C32H30F8O5. The van der Waals surface area contributed by atoms with Crippen molar-refractivity contribution in [2.75, 3.05) is 13.2 Å². The Hall–Kier alpha value is -4.16. The van der Waals surface area contributed by atoms with Gasteiger partial charge in [0, 0.05) is 0 Å². The second kappa shape index (κ2) is 15.2. The van der Waals surface area contributed by atoms with Gasteiger partial charge in [0.15, 0.2) is 6.61 Å². The van der Waals surface area contributed by atoms with Gasteiger partial charge in [0.25, 0.3) is 0 Å². The molecule has 0 spiro atoms. The number of halogens is 8. The van der Waals surface area contributed by atoms with Crippen molar-refractivity contribution in [1.29, 1.82) is 0 Å². The molecule has 0 aliphatic carbocycles. The van der Waals surface area contributed by atoms with E-state index in [-0.39, 0.29) is 11.3 Å². The lowest BCUT2D eigenvalue weighted by Gasteiger charge is -2.31. The van der Waals surface area contributed by atoms with E-state index in [9.17, 15) is 44.7 Å². The largest absolute Gasteiger partial charge is 0.494 e. The van der Waals surface area contributed by atoms with E-state index in [0.29, 0.717) is 6.61 Å². The molecule has 0 bridgehead atoms. The zero-order chi connectivity index (χ0) is 33.3. The third-order valence-electron chi connectivity index (χ3n) is 6.66. The van der Waals surface area contributed by atoms with Gasteiger partial charge >= 0.3 is 36.1 Å². The van der Waals surface area contributed by atoms with Gasteiger partial charge in [0.1, 0.15) is 11.5 Å². The SMILES string of the molecule is CCCCCCCOc1ccc(-c2ccc(C(=O)Oc3ccc(C(=O)OCC(F)(F)C(F)(F)C(F)(F)C(F)F)cc3)cc2)cc1. The van der Waals surface area contributed by atoms with E-state index >= 15 is 0 Å². The van der Waals surface area contributed by atoms with Crippen LogP contribution < -0.4 is 9.47 Å². The standard InChI is InChI=1S/C32H30F8O5/c1-2-3-4-5-6-19-43-25-15-11-22(12-16-25)21-7-9-24(10-8-21)28(42)45-26-17-13-23(14-18-26)27(41)44-20-30(35,36)32(39,40)31(37,38)29(33)34/h7-18,29H,2-6,19-20H2,1H3. The number of rotatable bonds is 16. The summed E-state index contributed by atoms with van der Waals surface area (Å²) < 4.78 is 119. The number of hydrogen-bond acceptors (Lipinski definition) is 5. The van der Waals surface area contributed by atoms with Crippen LogP contribution in [0.2, 0.25) is 0 Å². The summed E-state index contributed by atoms with van der Waals surface area (Å²) in [5.41, 5.74) is 1.38. The van der Waals surface area contributed by atoms with E-state index in [1.807, 2.05) is 24.3 Å². The highest BCUT2D eigenvalue weighted by molar-refractivity contribution is 5.92. The molecule has 5 nitrogen and oxygen atoms in total. The number of carbonyl (C=O) groups excluding carboxylic acids is 2. The maximum Gasteiger partial charge on any atom is 0.381 e. The Bertz CT molecular complexity index is 1390. The molecule has 13 heteroatoms. The van der Waals surface area contributed by atoms with Crippen molar-refractivity contribution < 1.29 is 58.9 Å². The summed E-state index contributed by atoms with van der Waals surface area (Å²) in [6.07, 6.45) is 0.606. The minimum Gasteiger partial charge on any atom is -0.494 e. The van der Waals surface area contributed by atoms with E-state index in [4.69, 9.17) is 9.47 Å². The first-order valence-electron chi connectivity index (χ1n) is 13.9. The summed E-state index contributed by atoms with van der Waals surface area (Å²) >= 11 is 0. The quantitative estimate of drug-likeness (QED) is 0.0672. The van der Waals surface area contributed by atoms with Gasteiger partial charge in [-0.15, -0.1) is 0 Å². The molecule has 0 fully saturated rings. The minimum atomic E-state index is -6.50. The summed E-state index contributed by atoms with van der Waals surface area (Å²) in [6, 6.07) is 17.9.